The summed E-state index contributed by atoms with van der Waals surface area (Å²) in [5, 5.41) is 5.69. The van der Waals surface area contributed by atoms with Gasteiger partial charge in [-0.05, 0) is 48.2 Å². The van der Waals surface area contributed by atoms with E-state index in [2.05, 4.69) is 15.6 Å². The quantitative estimate of drug-likeness (QED) is 0.598. The van der Waals surface area contributed by atoms with Crippen molar-refractivity contribution in [2.75, 3.05) is 5.32 Å². The molecule has 29 heavy (non-hydrogen) atoms. The van der Waals surface area contributed by atoms with Crippen molar-refractivity contribution in [3.05, 3.63) is 82.5 Å². The minimum Gasteiger partial charge on any atom is -0.341 e. The van der Waals surface area contributed by atoms with Crippen LogP contribution in [0, 0.1) is 11.6 Å². The molecule has 0 fully saturated rings. The highest BCUT2D eigenvalue weighted by Crippen LogP contribution is 2.22. The summed E-state index contributed by atoms with van der Waals surface area (Å²) in [7, 11) is 0. The van der Waals surface area contributed by atoms with Crippen molar-refractivity contribution >= 4 is 28.2 Å². The van der Waals surface area contributed by atoms with Crippen molar-refractivity contribution in [3.63, 3.8) is 0 Å². The molecule has 2 N–H and O–H groups in total. The van der Waals surface area contributed by atoms with E-state index in [1.165, 1.54) is 41.7 Å². The van der Waals surface area contributed by atoms with E-state index in [1.54, 1.807) is 23.7 Å². The first kappa shape index (κ1) is 20.6. The molecule has 2 amide bonds. The predicted octanol–water partition coefficient (Wildman–Crippen LogP) is 4.02. The highest BCUT2D eigenvalue weighted by Gasteiger charge is 2.22. The van der Waals surface area contributed by atoms with Crippen molar-refractivity contribution in [2.24, 2.45) is 0 Å². The van der Waals surface area contributed by atoms with Gasteiger partial charge in [0.25, 0.3) is 0 Å². The first-order chi connectivity index (χ1) is 14.0. The fourth-order valence-corrected chi connectivity index (χ4v) is 3.65. The number of hydrogen-bond donors (Lipinski definition) is 2. The Morgan fingerprint density at radius 2 is 1.79 bits per heavy atom. The van der Waals surface area contributed by atoms with Gasteiger partial charge in [0.05, 0.1) is 17.2 Å². The van der Waals surface area contributed by atoms with Crippen LogP contribution in [-0.2, 0) is 22.4 Å². The molecule has 0 aliphatic rings. The standard InChI is InChI=1S/C21H19F2N3O2S/c1-2-17-21(29-12-24-17)26-20(28)19(27)25-18(14-6-4-8-16(23)11-14)10-13-5-3-7-15(22)9-13/h3-9,11-12,18H,2,10H2,1H3,(H,25,27)(H,26,28). The number of amides is 2. The number of carbonyl (C=O) groups is 2. The average Bonchev–Trinajstić information content (AvgIpc) is 3.14. The smallest absolute Gasteiger partial charge is 0.314 e. The lowest BCUT2D eigenvalue weighted by Crippen LogP contribution is -2.38. The van der Waals surface area contributed by atoms with Gasteiger partial charge in [0, 0.05) is 0 Å². The molecule has 0 saturated carbocycles. The van der Waals surface area contributed by atoms with Gasteiger partial charge in [0.2, 0.25) is 0 Å². The Hall–Kier alpha value is -3.13. The zero-order chi connectivity index (χ0) is 20.8. The summed E-state index contributed by atoms with van der Waals surface area (Å²) < 4.78 is 27.2. The monoisotopic (exact) mass is 415 g/mol. The number of aromatic nitrogens is 1. The Kier molecular flexibility index (Phi) is 6.66. The van der Waals surface area contributed by atoms with Gasteiger partial charge in [-0.15, -0.1) is 11.3 Å². The molecular weight excluding hydrogens is 396 g/mol. The van der Waals surface area contributed by atoms with Crippen molar-refractivity contribution < 1.29 is 18.4 Å². The van der Waals surface area contributed by atoms with Crippen molar-refractivity contribution in [3.8, 4) is 0 Å². The van der Waals surface area contributed by atoms with Gasteiger partial charge in [0.1, 0.15) is 16.6 Å². The van der Waals surface area contributed by atoms with E-state index in [0.29, 0.717) is 28.2 Å². The summed E-state index contributed by atoms with van der Waals surface area (Å²) in [6.07, 6.45) is 0.813. The molecule has 0 radical (unpaired) electrons. The molecule has 0 aliphatic carbocycles. The van der Waals surface area contributed by atoms with Crippen molar-refractivity contribution in [1.82, 2.24) is 10.3 Å². The first-order valence-electron chi connectivity index (χ1n) is 9.00. The number of anilines is 1. The molecule has 0 bridgehead atoms. The lowest BCUT2D eigenvalue weighted by molar-refractivity contribution is -0.136. The van der Waals surface area contributed by atoms with Gasteiger partial charge in [-0.2, -0.15) is 0 Å². The van der Waals surface area contributed by atoms with E-state index in [0.717, 1.165) is 0 Å². The Bertz CT molecular complexity index is 1020. The highest BCUT2D eigenvalue weighted by molar-refractivity contribution is 7.14. The number of thiazole rings is 1. The number of nitrogens with one attached hydrogen (secondary N) is 2. The SMILES string of the molecule is CCc1ncsc1NC(=O)C(=O)NC(Cc1cccc(F)c1)c1cccc(F)c1. The molecule has 8 heteroatoms. The van der Waals surface area contributed by atoms with Crippen LogP contribution in [0.1, 0.15) is 29.8 Å². The number of hydrogen-bond acceptors (Lipinski definition) is 4. The molecule has 1 atom stereocenters. The van der Waals surface area contributed by atoms with Gasteiger partial charge in [-0.3, -0.25) is 9.59 Å². The van der Waals surface area contributed by atoms with Gasteiger partial charge in [-0.25, -0.2) is 13.8 Å². The van der Waals surface area contributed by atoms with E-state index in [1.807, 2.05) is 6.92 Å². The molecule has 150 valence electrons. The third-order valence-corrected chi connectivity index (χ3v) is 5.08. The van der Waals surface area contributed by atoms with Crippen LogP contribution in [0.25, 0.3) is 0 Å². The van der Waals surface area contributed by atoms with Gasteiger partial charge in [-0.1, -0.05) is 31.2 Å². The molecule has 5 nitrogen and oxygen atoms in total. The third-order valence-electron chi connectivity index (χ3n) is 4.29. The lowest BCUT2D eigenvalue weighted by Gasteiger charge is -2.19. The van der Waals surface area contributed by atoms with E-state index < -0.39 is 29.5 Å². The van der Waals surface area contributed by atoms with Crippen molar-refractivity contribution in [2.45, 2.75) is 25.8 Å². The Labute approximate surface area is 170 Å². The van der Waals surface area contributed by atoms with E-state index in [9.17, 15) is 18.4 Å². The summed E-state index contributed by atoms with van der Waals surface area (Å²) in [5.41, 5.74) is 3.36. The first-order valence-corrected chi connectivity index (χ1v) is 9.88. The molecule has 3 aromatic rings. The van der Waals surface area contributed by atoms with E-state index in [4.69, 9.17) is 0 Å². The van der Waals surface area contributed by atoms with Crippen LogP contribution >= 0.6 is 11.3 Å². The molecule has 3 rings (SSSR count). The summed E-state index contributed by atoms with van der Waals surface area (Å²) in [6, 6.07) is 10.9. The number of nitrogens with zero attached hydrogens (tertiary/aromatic N) is 1. The average molecular weight is 415 g/mol. The normalized spacial score (nSPS) is 11.7. The largest absolute Gasteiger partial charge is 0.341 e. The second kappa shape index (κ2) is 9.38. The topological polar surface area (TPSA) is 71.1 Å². The maximum absolute atomic E-state index is 13.7. The minimum atomic E-state index is -0.869. The molecular formula is C21H19F2N3O2S. The van der Waals surface area contributed by atoms with Crippen LogP contribution in [0.3, 0.4) is 0 Å². The highest BCUT2D eigenvalue weighted by atomic mass is 32.1. The van der Waals surface area contributed by atoms with Crippen LogP contribution in [0.5, 0.6) is 0 Å². The van der Waals surface area contributed by atoms with Crippen LogP contribution in [0.4, 0.5) is 13.8 Å². The van der Waals surface area contributed by atoms with Crippen LogP contribution in [-0.4, -0.2) is 16.8 Å². The molecule has 0 spiro atoms. The fraction of sp³-hybridized carbons (Fsp3) is 0.190. The summed E-state index contributed by atoms with van der Waals surface area (Å²) in [4.78, 5) is 29.0. The molecule has 1 heterocycles. The number of benzene rings is 2. The summed E-state index contributed by atoms with van der Waals surface area (Å²) in [5.74, 6) is -2.60. The number of carbonyl (C=O) groups excluding carboxylic acids is 2. The number of rotatable bonds is 6. The number of halogens is 2. The molecule has 0 saturated heterocycles. The van der Waals surface area contributed by atoms with Crippen molar-refractivity contribution in [1.29, 1.82) is 0 Å². The maximum Gasteiger partial charge on any atom is 0.314 e. The Balaban J connectivity index is 1.78. The molecule has 1 aromatic heterocycles. The fourth-order valence-electron chi connectivity index (χ4n) is 2.88. The van der Waals surface area contributed by atoms with Crippen LogP contribution in [0.2, 0.25) is 0 Å². The number of aryl methyl sites for hydroxylation is 1. The van der Waals surface area contributed by atoms with E-state index in [-0.39, 0.29) is 6.42 Å². The van der Waals surface area contributed by atoms with Gasteiger partial charge in [0.15, 0.2) is 0 Å². The Morgan fingerprint density at radius 3 is 2.48 bits per heavy atom. The second-order valence-corrected chi connectivity index (χ2v) is 7.21. The maximum atomic E-state index is 13.7. The zero-order valence-corrected chi connectivity index (χ0v) is 16.4. The molecule has 0 aliphatic heterocycles. The summed E-state index contributed by atoms with van der Waals surface area (Å²) >= 11 is 1.23. The second-order valence-electron chi connectivity index (χ2n) is 6.35. The Morgan fingerprint density at radius 1 is 1.07 bits per heavy atom. The third kappa shape index (κ3) is 5.45. The van der Waals surface area contributed by atoms with E-state index >= 15 is 0 Å². The van der Waals surface area contributed by atoms with Crippen LogP contribution < -0.4 is 10.6 Å². The zero-order valence-electron chi connectivity index (χ0n) is 15.6. The van der Waals surface area contributed by atoms with Gasteiger partial charge < -0.3 is 10.6 Å². The molecule has 1 unspecified atom stereocenters. The van der Waals surface area contributed by atoms with Gasteiger partial charge >= 0.3 is 11.8 Å². The van der Waals surface area contributed by atoms with Crippen LogP contribution in [0.15, 0.2) is 54.0 Å². The lowest BCUT2D eigenvalue weighted by atomic mass is 9.98. The molecule has 2 aromatic carbocycles. The minimum absolute atomic E-state index is 0.195. The summed E-state index contributed by atoms with van der Waals surface area (Å²) in [6.45, 7) is 1.89. The predicted molar refractivity (Wildman–Crippen MR) is 108 cm³/mol.